The van der Waals surface area contributed by atoms with Gasteiger partial charge in [-0.1, -0.05) is 35.0 Å². The molecule has 0 bridgehead atoms. The summed E-state index contributed by atoms with van der Waals surface area (Å²) in [5.74, 6) is 0.275. The number of nitrogens with one attached hydrogen (secondary N) is 1. The lowest BCUT2D eigenvalue weighted by molar-refractivity contribution is -0.117. The van der Waals surface area contributed by atoms with Crippen molar-refractivity contribution in [2.75, 3.05) is 5.32 Å². The van der Waals surface area contributed by atoms with Gasteiger partial charge in [-0.05, 0) is 44.7 Å². The van der Waals surface area contributed by atoms with Crippen LogP contribution in [-0.4, -0.2) is 22.1 Å². The van der Waals surface area contributed by atoms with Gasteiger partial charge in [0.05, 0.1) is 0 Å². The predicted octanol–water partition coefficient (Wildman–Crippen LogP) is 3.28. The van der Waals surface area contributed by atoms with Crippen molar-refractivity contribution in [1.29, 1.82) is 0 Å². The van der Waals surface area contributed by atoms with Gasteiger partial charge in [-0.3, -0.25) is 4.79 Å². The molecule has 23 heavy (non-hydrogen) atoms. The minimum atomic E-state index is -0.0181. The smallest absolute Gasteiger partial charge is 0.226 e. The highest BCUT2D eigenvalue weighted by Gasteiger charge is 2.26. The first-order valence-electron chi connectivity index (χ1n) is 7.99. The van der Waals surface area contributed by atoms with Crippen LogP contribution in [0.25, 0.3) is 10.6 Å². The van der Waals surface area contributed by atoms with Crippen LogP contribution in [0.1, 0.15) is 36.8 Å². The standard InChI is InChI=1S/C17H22N4OS/c1-10-6-11(2)8-13(7-10)16-20-21-17(23-16)19-15(22)9-12-4-3-5-14(12)18/h6-8,12,14H,3-5,9,18H2,1-2H3,(H,19,21,22)/t12-,14+/m0/s1. The van der Waals surface area contributed by atoms with E-state index < -0.39 is 0 Å². The first-order chi connectivity index (χ1) is 11.0. The monoisotopic (exact) mass is 330 g/mol. The molecule has 2 atom stereocenters. The predicted molar refractivity (Wildman–Crippen MR) is 93.4 cm³/mol. The Labute approximate surface area is 140 Å². The molecule has 5 nitrogen and oxygen atoms in total. The van der Waals surface area contributed by atoms with Gasteiger partial charge in [0.25, 0.3) is 0 Å². The van der Waals surface area contributed by atoms with E-state index in [1.165, 1.54) is 22.5 Å². The van der Waals surface area contributed by atoms with E-state index in [-0.39, 0.29) is 11.9 Å². The third-order valence-electron chi connectivity index (χ3n) is 4.31. The Morgan fingerprint density at radius 3 is 2.65 bits per heavy atom. The van der Waals surface area contributed by atoms with E-state index in [9.17, 15) is 4.79 Å². The molecule has 1 saturated carbocycles. The van der Waals surface area contributed by atoms with Crippen LogP contribution in [0.5, 0.6) is 0 Å². The topological polar surface area (TPSA) is 80.9 Å². The fraction of sp³-hybridized carbons (Fsp3) is 0.471. The van der Waals surface area contributed by atoms with Crippen LogP contribution in [0.15, 0.2) is 18.2 Å². The van der Waals surface area contributed by atoms with E-state index in [0.29, 0.717) is 17.5 Å². The lowest BCUT2D eigenvalue weighted by atomic mass is 10.00. The second-order valence-corrected chi connectivity index (χ2v) is 7.37. The summed E-state index contributed by atoms with van der Waals surface area (Å²) in [6.07, 6.45) is 3.65. The number of anilines is 1. The molecule has 122 valence electrons. The summed E-state index contributed by atoms with van der Waals surface area (Å²) >= 11 is 1.41. The maximum atomic E-state index is 12.1. The maximum absolute atomic E-state index is 12.1. The lowest BCUT2D eigenvalue weighted by Crippen LogP contribution is -2.28. The average Bonchev–Trinajstić information content (AvgIpc) is 3.08. The molecule has 0 spiro atoms. The molecule has 1 aliphatic rings. The summed E-state index contributed by atoms with van der Waals surface area (Å²) in [6, 6.07) is 6.44. The minimum Gasteiger partial charge on any atom is -0.327 e. The zero-order chi connectivity index (χ0) is 16.4. The van der Waals surface area contributed by atoms with Gasteiger partial charge >= 0.3 is 0 Å². The van der Waals surface area contributed by atoms with Gasteiger partial charge in [0.15, 0.2) is 0 Å². The van der Waals surface area contributed by atoms with Gasteiger partial charge in [0.2, 0.25) is 11.0 Å². The number of carbonyl (C=O) groups is 1. The summed E-state index contributed by atoms with van der Waals surface area (Å²) in [5, 5.41) is 12.5. The molecule has 1 amide bonds. The van der Waals surface area contributed by atoms with E-state index in [0.717, 1.165) is 29.8 Å². The lowest BCUT2D eigenvalue weighted by Gasteiger charge is -2.13. The molecule has 6 heteroatoms. The number of nitrogens with zero attached hydrogens (tertiary/aromatic N) is 2. The van der Waals surface area contributed by atoms with Gasteiger partial charge in [0, 0.05) is 18.0 Å². The second kappa shape index (κ2) is 6.76. The highest BCUT2D eigenvalue weighted by atomic mass is 32.1. The number of hydrogen-bond donors (Lipinski definition) is 2. The van der Waals surface area contributed by atoms with E-state index in [1.54, 1.807) is 0 Å². The van der Waals surface area contributed by atoms with Crippen LogP contribution in [0.3, 0.4) is 0 Å². The first-order valence-corrected chi connectivity index (χ1v) is 8.80. The summed E-state index contributed by atoms with van der Waals surface area (Å²) in [6.45, 7) is 4.12. The number of aryl methyl sites for hydroxylation is 2. The number of rotatable bonds is 4. The van der Waals surface area contributed by atoms with Gasteiger partial charge in [-0.2, -0.15) is 0 Å². The van der Waals surface area contributed by atoms with E-state index in [1.807, 2.05) is 0 Å². The van der Waals surface area contributed by atoms with Crippen LogP contribution in [0, 0.1) is 19.8 Å². The Bertz CT molecular complexity index is 692. The molecule has 3 N–H and O–H groups in total. The quantitative estimate of drug-likeness (QED) is 0.901. The van der Waals surface area contributed by atoms with E-state index >= 15 is 0 Å². The third kappa shape index (κ3) is 3.95. The number of aromatic nitrogens is 2. The van der Waals surface area contributed by atoms with Crippen LogP contribution >= 0.6 is 11.3 Å². The molecular weight excluding hydrogens is 308 g/mol. The van der Waals surface area contributed by atoms with Gasteiger partial charge < -0.3 is 11.1 Å². The zero-order valence-corrected chi connectivity index (χ0v) is 14.3. The highest BCUT2D eigenvalue weighted by molar-refractivity contribution is 7.18. The second-order valence-electron chi connectivity index (χ2n) is 6.40. The van der Waals surface area contributed by atoms with E-state index in [4.69, 9.17) is 5.73 Å². The van der Waals surface area contributed by atoms with Gasteiger partial charge in [-0.25, -0.2) is 0 Å². The Morgan fingerprint density at radius 2 is 2.00 bits per heavy atom. The van der Waals surface area contributed by atoms with Crippen molar-refractivity contribution in [1.82, 2.24) is 10.2 Å². The van der Waals surface area contributed by atoms with Crippen molar-refractivity contribution < 1.29 is 4.79 Å². The van der Waals surface area contributed by atoms with Crippen LogP contribution in [0.4, 0.5) is 5.13 Å². The average molecular weight is 330 g/mol. The van der Waals surface area contributed by atoms with Gasteiger partial charge in [-0.15, -0.1) is 10.2 Å². The summed E-state index contributed by atoms with van der Waals surface area (Å²) in [4.78, 5) is 12.1. The molecule has 0 aliphatic heterocycles. The molecule has 1 heterocycles. The molecule has 1 aliphatic carbocycles. The molecular formula is C17H22N4OS. The van der Waals surface area contributed by atoms with Crippen molar-refractivity contribution in [3.63, 3.8) is 0 Å². The van der Waals surface area contributed by atoms with Crippen molar-refractivity contribution in [3.05, 3.63) is 29.3 Å². The number of carbonyl (C=O) groups excluding carboxylic acids is 1. The van der Waals surface area contributed by atoms with Gasteiger partial charge in [0.1, 0.15) is 5.01 Å². The number of amides is 1. The molecule has 1 aromatic heterocycles. The van der Waals surface area contributed by atoms with Crippen LogP contribution < -0.4 is 11.1 Å². The number of nitrogens with two attached hydrogens (primary N) is 1. The minimum absolute atomic E-state index is 0.0181. The van der Waals surface area contributed by atoms with Crippen molar-refractivity contribution in [2.45, 2.75) is 45.6 Å². The number of benzene rings is 1. The molecule has 0 unspecified atom stereocenters. The fourth-order valence-corrected chi connectivity index (χ4v) is 3.96. The summed E-state index contributed by atoms with van der Waals surface area (Å²) in [7, 11) is 0. The molecule has 1 fully saturated rings. The summed E-state index contributed by atoms with van der Waals surface area (Å²) in [5.41, 5.74) is 9.45. The Kier molecular flexibility index (Phi) is 4.73. The fourth-order valence-electron chi connectivity index (χ4n) is 3.22. The molecule has 2 aromatic rings. The highest BCUT2D eigenvalue weighted by Crippen LogP contribution is 2.29. The largest absolute Gasteiger partial charge is 0.327 e. The Hall–Kier alpha value is -1.79. The van der Waals surface area contributed by atoms with Crippen LogP contribution in [0.2, 0.25) is 0 Å². The first kappa shape index (κ1) is 16.1. The molecule has 0 radical (unpaired) electrons. The van der Waals surface area contributed by atoms with Crippen LogP contribution in [-0.2, 0) is 4.79 Å². The Balaban J connectivity index is 1.66. The van der Waals surface area contributed by atoms with Crippen molar-refractivity contribution in [2.24, 2.45) is 11.7 Å². The number of hydrogen-bond acceptors (Lipinski definition) is 5. The maximum Gasteiger partial charge on any atom is 0.226 e. The molecule has 1 aromatic carbocycles. The third-order valence-corrected chi connectivity index (χ3v) is 5.19. The normalized spacial score (nSPS) is 20.7. The molecule has 0 saturated heterocycles. The Morgan fingerprint density at radius 1 is 1.26 bits per heavy atom. The van der Waals surface area contributed by atoms with E-state index in [2.05, 4.69) is 47.6 Å². The SMILES string of the molecule is Cc1cc(C)cc(-c2nnc(NC(=O)C[C@@H]3CCC[C@H]3N)s2)c1. The van der Waals surface area contributed by atoms with Crippen molar-refractivity contribution in [3.8, 4) is 10.6 Å². The zero-order valence-electron chi connectivity index (χ0n) is 13.5. The van der Waals surface area contributed by atoms with Crippen molar-refractivity contribution >= 4 is 22.4 Å². The molecule has 3 rings (SSSR count). The summed E-state index contributed by atoms with van der Waals surface area (Å²) < 4.78 is 0.